The van der Waals surface area contributed by atoms with E-state index in [4.69, 9.17) is 5.11 Å². The van der Waals surface area contributed by atoms with Crippen molar-refractivity contribution in [2.45, 2.75) is 45.3 Å². The number of carbonyl (C=O) groups is 2. The zero-order valence-electron chi connectivity index (χ0n) is 11.1. The van der Waals surface area contributed by atoms with Gasteiger partial charge in [0.05, 0.1) is 12.1 Å². The minimum Gasteiger partial charge on any atom is -0.480 e. The van der Waals surface area contributed by atoms with Gasteiger partial charge < -0.3 is 20.4 Å². The SMILES string of the molecule is CCC(C)[C@H](NC(=O)N1CCC(C)(O)C1)C(=O)O. The van der Waals surface area contributed by atoms with Crippen LogP contribution in [-0.4, -0.2) is 51.8 Å². The Morgan fingerprint density at radius 3 is 2.50 bits per heavy atom. The molecule has 0 radical (unpaired) electrons. The molecule has 0 saturated carbocycles. The normalized spacial score (nSPS) is 26.8. The van der Waals surface area contributed by atoms with Crippen LogP contribution in [-0.2, 0) is 4.79 Å². The van der Waals surface area contributed by atoms with Crippen molar-refractivity contribution in [3.05, 3.63) is 0 Å². The fourth-order valence-electron chi connectivity index (χ4n) is 2.03. The minimum absolute atomic E-state index is 0.130. The minimum atomic E-state index is -1.02. The molecule has 1 heterocycles. The molecule has 1 aliphatic rings. The Hall–Kier alpha value is -1.30. The van der Waals surface area contributed by atoms with Crippen molar-refractivity contribution >= 4 is 12.0 Å². The predicted molar refractivity (Wildman–Crippen MR) is 66.2 cm³/mol. The summed E-state index contributed by atoms with van der Waals surface area (Å²) in [5.74, 6) is -1.15. The fraction of sp³-hybridized carbons (Fsp3) is 0.833. The number of rotatable bonds is 4. The van der Waals surface area contributed by atoms with Crippen molar-refractivity contribution in [1.82, 2.24) is 10.2 Å². The summed E-state index contributed by atoms with van der Waals surface area (Å²) in [4.78, 5) is 24.5. The lowest BCUT2D eigenvalue weighted by atomic mass is 9.99. The van der Waals surface area contributed by atoms with Crippen LogP contribution in [0.15, 0.2) is 0 Å². The molecule has 2 unspecified atom stereocenters. The van der Waals surface area contributed by atoms with Gasteiger partial charge in [-0.15, -0.1) is 0 Å². The average molecular weight is 258 g/mol. The molecule has 1 saturated heterocycles. The van der Waals surface area contributed by atoms with Crippen LogP contribution in [0.4, 0.5) is 4.79 Å². The number of carboxylic acids is 1. The van der Waals surface area contributed by atoms with Crippen LogP contribution in [0.2, 0.25) is 0 Å². The van der Waals surface area contributed by atoms with Gasteiger partial charge in [-0.3, -0.25) is 0 Å². The number of urea groups is 1. The number of β-amino-alcohol motifs (C(OH)–C–C–N with tert-alkyl or cyclic N) is 1. The van der Waals surface area contributed by atoms with E-state index in [0.29, 0.717) is 19.4 Å². The number of aliphatic hydroxyl groups is 1. The fourth-order valence-corrected chi connectivity index (χ4v) is 2.03. The lowest BCUT2D eigenvalue weighted by molar-refractivity contribution is -0.140. The molecule has 0 aromatic rings. The number of hydrogen-bond donors (Lipinski definition) is 3. The highest BCUT2D eigenvalue weighted by atomic mass is 16.4. The number of nitrogens with zero attached hydrogens (tertiary/aromatic N) is 1. The van der Waals surface area contributed by atoms with Crippen LogP contribution in [0.25, 0.3) is 0 Å². The first-order valence-corrected chi connectivity index (χ1v) is 6.27. The van der Waals surface area contributed by atoms with E-state index in [-0.39, 0.29) is 12.5 Å². The van der Waals surface area contributed by atoms with Gasteiger partial charge in [0.25, 0.3) is 0 Å². The third kappa shape index (κ3) is 3.60. The molecule has 18 heavy (non-hydrogen) atoms. The molecular formula is C12H22N2O4. The smallest absolute Gasteiger partial charge is 0.326 e. The van der Waals surface area contributed by atoms with Crippen LogP contribution in [0.5, 0.6) is 0 Å². The van der Waals surface area contributed by atoms with Gasteiger partial charge in [0.15, 0.2) is 0 Å². The first kappa shape index (κ1) is 14.8. The summed E-state index contributed by atoms with van der Waals surface area (Å²) < 4.78 is 0. The number of likely N-dealkylation sites (tertiary alicyclic amines) is 1. The van der Waals surface area contributed by atoms with Gasteiger partial charge >= 0.3 is 12.0 Å². The van der Waals surface area contributed by atoms with E-state index in [1.165, 1.54) is 4.90 Å². The lowest BCUT2D eigenvalue weighted by Gasteiger charge is -2.24. The highest BCUT2D eigenvalue weighted by molar-refractivity contribution is 5.83. The summed E-state index contributed by atoms with van der Waals surface area (Å²) in [6.45, 7) is 6.04. The third-order valence-electron chi connectivity index (χ3n) is 3.50. The average Bonchev–Trinajstić information content (AvgIpc) is 2.64. The molecule has 2 amide bonds. The van der Waals surface area contributed by atoms with Crippen LogP contribution in [0.3, 0.4) is 0 Å². The maximum absolute atomic E-state index is 11.9. The van der Waals surface area contributed by atoms with Crippen LogP contribution < -0.4 is 5.32 Å². The number of nitrogens with one attached hydrogen (secondary N) is 1. The molecule has 0 spiro atoms. The Morgan fingerprint density at radius 1 is 1.50 bits per heavy atom. The Kier molecular flexibility index (Phi) is 4.56. The summed E-state index contributed by atoms with van der Waals surface area (Å²) >= 11 is 0. The van der Waals surface area contributed by atoms with Crippen molar-refractivity contribution in [2.24, 2.45) is 5.92 Å². The van der Waals surface area contributed by atoms with E-state index >= 15 is 0 Å². The second-order valence-electron chi connectivity index (χ2n) is 5.32. The summed E-state index contributed by atoms with van der Waals surface area (Å²) in [5, 5.41) is 21.4. The predicted octanol–water partition coefficient (Wildman–Crippen LogP) is 0.652. The number of carboxylic acid groups (broad SMARTS) is 1. The molecule has 1 aliphatic heterocycles. The molecule has 1 rings (SSSR count). The van der Waals surface area contributed by atoms with Crippen molar-refractivity contribution in [3.8, 4) is 0 Å². The summed E-state index contributed by atoms with van der Waals surface area (Å²) in [5.41, 5.74) is -0.869. The van der Waals surface area contributed by atoms with Gasteiger partial charge in [-0.05, 0) is 19.3 Å². The highest BCUT2D eigenvalue weighted by Crippen LogP contribution is 2.20. The monoisotopic (exact) mass is 258 g/mol. The molecule has 104 valence electrons. The summed E-state index contributed by atoms with van der Waals surface area (Å²) in [6.07, 6.45) is 1.19. The Bertz CT molecular complexity index is 330. The van der Waals surface area contributed by atoms with E-state index in [2.05, 4.69) is 5.32 Å². The topological polar surface area (TPSA) is 89.9 Å². The van der Waals surface area contributed by atoms with E-state index in [0.717, 1.165) is 0 Å². The van der Waals surface area contributed by atoms with Crippen molar-refractivity contribution in [3.63, 3.8) is 0 Å². The van der Waals surface area contributed by atoms with Crippen molar-refractivity contribution in [2.75, 3.05) is 13.1 Å². The van der Waals surface area contributed by atoms with Crippen LogP contribution >= 0.6 is 0 Å². The lowest BCUT2D eigenvalue weighted by Crippen LogP contribution is -2.50. The molecule has 6 heteroatoms. The van der Waals surface area contributed by atoms with Crippen LogP contribution in [0.1, 0.15) is 33.6 Å². The molecule has 1 fully saturated rings. The number of hydrogen-bond acceptors (Lipinski definition) is 3. The molecule has 6 nitrogen and oxygen atoms in total. The number of aliphatic carboxylic acids is 1. The highest BCUT2D eigenvalue weighted by Gasteiger charge is 2.35. The van der Waals surface area contributed by atoms with E-state index < -0.39 is 23.6 Å². The van der Waals surface area contributed by atoms with E-state index in [1.54, 1.807) is 13.8 Å². The van der Waals surface area contributed by atoms with Gasteiger partial charge in [0, 0.05) is 6.54 Å². The number of amides is 2. The van der Waals surface area contributed by atoms with E-state index in [1.807, 2.05) is 6.92 Å². The molecule has 0 aromatic carbocycles. The van der Waals surface area contributed by atoms with Crippen molar-refractivity contribution < 1.29 is 19.8 Å². The van der Waals surface area contributed by atoms with Gasteiger partial charge in [-0.25, -0.2) is 9.59 Å². The maximum Gasteiger partial charge on any atom is 0.326 e. The second-order valence-corrected chi connectivity index (χ2v) is 5.32. The summed E-state index contributed by atoms with van der Waals surface area (Å²) in [6, 6.07) is -1.30. The van der Waals surface area contributed by atoms with Gasteiger partial charge in [-0.2, -0.15) is 0 Å². The molecule has 0 bridgehead atoms. The van der Waals surface area contributed by atoms with Gasteiger partial charge in [0.2, 0.25) is 0 Å². The van der Waals surface area contributed by atoms with Crippen molar-refractivity contribution in [1.29, 1.82) is 0 Å². The number of carbonyl (C=O) groups excluding carboxylic acids is 1. The Labute approximate surface area is 107 Å². The van der Waals surface area contributed by atoms with E-state index in [9.17, 15) is 14.7 Å². The van der Waals surface area contributed by atoms with Gasteiger partial charge in [-0.1, -0.05) is 20.3 Å². The third-order valence-corrected chi connectivity index (χ3v) is 3.50. The molecule has 3 atom stereocenters. The first-order chi connectivity index (χ1) is 8.26. The second kappa shape index (κ2) is 5.56. The molecule has 3 N–H and O–H groups in total. The Balaban J connectivity index is 2.60. The zero-order chi connectivity index (χ0) is 13.9. The maximum atomic E-state index is 11.9. The quantitative estimate of drug-likeness (QED) is 0.690. The summed E-state index contributed by atoms with van der Waals surface area (Å²) in [7, 11) is 0. The molecule has 0 aliphatic carbocycles. The van der Waals surface area contributed by atoms with Gasteiger partial charge in [0.1, 0.15) is 6.04 Å². The van der Waals surface area contributed by atoms with Crippen LogP contribution in [0, 0.1) is 5.92 Å². The standard InChI is InChI=1S/C12H22N2O4/c1-4-8(2)9(10(15)16)13-11(17)14-6-5-12(3,18)7-14/h8-9,18H,4-7H2,1-3H3,(H,13,17)(H,15,16)/t8?,9-,12?/m0/s1. The molecule has 0 aromatic heterocycles. The Morgan fingerprint density at radius 2 is 2.11 bits per heavy atom. The zero-order valence-corrected chi connectivity index (χ0v) is 11.1. The largest absolute Gasteiger partial charge is 0.480 e. The molecular weight excluding hydrogens is 236 g/mol. The first-order valence-electron chi connectivity index (χ1n) is 6.27.